The summed E-state index contributed by atoms with van der Waals surface area (Å²) in [5.74, 6) is 0.794. The second-order valence-corrected chi connectivity index (χ2v) is 11.6. The molecule has 0 unspecified atom stereocenters. The molecule has 1 aliphatic carbocycles. The van der Waals surface area contributed by atoms with Crippen LogP contribution >= 0.6 is 11.6 Å². The van der Waals surface area contributed by atoms with E-state index in [1.807, 2.05) is 0 Å². The number of aromatic nitrogens is 7. The van der Waals surface area contributed by atoms with Gasteiger partial charge in [0.25, 0.3) is 0 Å². The monoisotopic (exact) mass is 567 g/mol. The summed E-state index contributed by atoms with van der Waals surface area (Å²) in [7, 11) is 2.10. The lowest BCUT2D eigenvalue weighted by Gasteiger charge is -2.22. The predicted octanol–water partition coefficient (Wildman–Crippen LogP) is 2.49. The Hall–Kier alpha value is -2.94. The van der Waals surface area contributed by atoms with Gasteiger partial charge in [-0.2, -0.15) is 9.97 Å². The first kappa shape index (κ1) is 28.1. The highest BCUT2D eigenvalue weighted by Gasteiger charge is 2.37. The zero-order valence-electron chi connectivity index (χ0n) is 21.7. The average molecular weight is 568 g/mol. The van der Waals surface area contributed by atoms with Gasteiger partial charge in [-0.1, -0.05) is 11.6 Å². The topological polar surface area (TPSA) is 153 Å². The molecule has 0 bridgehead atoms. The molecule has 0 N–H and O–H groups in total. The van der Waals surface area contributed by atoms with E-state index in [1.54, 1.807) is 11.7 Å². The third kappa shape index (κ3) is 5.58. The first-order valence-corrected chi connectivity index (χ1v) is 13.9. The Morgan fingerprint density at radius 3 is 2.24 bits per heavy atom. The molecule has 1 aliphatic rings. The molecule has 1 saturated carbocycles. The molecule has 0 radical (unpaired) electrons. The van der Waals surface area contributed by atoms with E-state index in [4.69, 9.17) is 30.5 Å². The lowest BCUT2D eigenvalue weighted by Crippen LogP contribution is -2.30. The minimum atomic E-state index is -3.89. The zero-order valence-corrected chi connectivity index (χ0v) is 23.3. The van der Waals surface area contributed by atoms with Crippen molar-refractivity contribution in [1.82, 2.24) is 34.7 Å². The van der Waals surface area contributed by atoms with Gasteiger partial charge in [0.2, 0.25) is 11.8 Å². The predicted molar refractivity (Wildman–Crippen MR) is 136 cm³/mol. The maximum absolute atomic E-state index is 13.7. The highest BCUT2D eigenvalue weighted by atomic mass is 35.5. The highest BCUT2D eigenvalue weighted by molar-refractivity contribution is 7.91. The summed E-state index contributed by atoms with van der Waals surface area (Å²) in [5.41, 5.74) is 0.320. The van der Waals surface area contributed by atoms with Crippen LogP contribution in [0.4, 0.5) is 0 Å². The van der Waals surface area contributed by atoms with E-state index in [0.29, 0.717) is 23.0 Å². The van der Waals surface area contributed by atoms with Crippen LogP contribution < -0.4 is 9.47 Å². The van der Waals surface area contributed by atoms with Gasteiger partial charge in [-0.15, -0.1) is 10.2 Å². The van der Waals surface area contributed by atoms with Gasteiger partial charge >= 0.3 is 0 Å². The molecule has 15 heteroatoms. The number of ether oxygens (including phenoxy) is 4. The summed E-state index contributed by atoms with van der Waals surface area (Å²) >= 11 is 5.90. The maximum atomic E-state index is 13.7. The number of methoxy groups -OCH3 is 4. The van der Waals surface area contributed by atoms with Gasteiger partial charge in [0.05, 0.1) is 30.6 Å². The Morgan fingerprint density at radius 2 is 1.68 bits per heavy atom. The van der Waals surface area contributed by atoms with Crippen LogP contribution in [0, 0.1) is 0 Å². The summed E-state index contributed by atoms with van der Waals surface area (Å²) in [4.78, 5) is 16.7. The highest BCUT2D eigenvalue weighted by Crippen LogP contribution is 2.39. The minimum Gasteiger partial charge on any atom is -0.479 e. The molecule has 0 saturated heterocycles. The van der Waals surface area contributed by atoms with Gasteiger partial charge in [0.1, 0.15) is 24.0 Å². The van der Waals surface area contributed by atoms with Crippen molar-refractivity contribution in [2.75, 3.05) is 28.4 Å². The van der Waals surface area contributed by atoms with Crippen molar-refractivity contribution in [1.29, 1.82) is 0 Å². The number of nitrogens with zero attached hydrogens (tertiary/aromatic N) is 7. The van der Waals surface area contributed by atoms with E-state index >= 15 is 0 Å². The van der Waals surface area contributed by atoms with Crippen molar-refractivity contribution in [3.05, 3.63) is 41.2 Å². The van der Waals surface area contributed by atoms with Gasteiger partial charge in [-0.05, 0) is 26.2 Å². The maximum Gasteiger partial charge on any atom is 0.245 e. The summed E-state index contributed by atoms with van der Waals surface area (Å²) in [6.07, 6.45) is 5.55. The van der Waals surface area contributed by atoms with Crippen molar-refractivity contribution in [3.8, 4) is 17.4 Å². The number of rotatable bonds is 11. The second kappa shape index (κ2) is 11.8. The molecule has 0 spiro atoms. The molecule has 4 atom stereocenters. The van der Waals surface area contributed by atoms with E-state index in [9.17, 15) is 8.42 Å². The molecule has 3 aromatic rings. The Morgan fingerprint density at radius 1 is 1.03 bits per heavy atom. The third-order valence-corrected chi connectivity index (χ3v) is 8.91. The standard InChI is InChI=1S/C23H30ClN7O6S/c1-13(19(35-3)20-25-9-15(24)10-26-20)38(32,33)11-17-29-30-21(14-6-7-16(8-14)34-2)31(17)18-22(36-4)27-12-28-23(18)37-5/h9-10,12-14,16,19H,6-8,11H2,1-5H3/t13-,14+,16+,19-/m0/s1. The molecule has 3 heterocycles. The van der Waals surface area contributed by atoms with E-state index in [-0.39, 0.29) is 35.4 Å². The molecular formula is C23H30ClN7O6S. The second-order valence-electron chi connectivity index (χ2n) is 8.85. The van der Waals surface area contributed by atoms with Crippen molar-refractivity contribution >= 4 is 21.4 Å². The van der Waals surface area contributed by atoms with E-state index in [1.165, 1.54) is 47.0 Å². The molecule has 0 amide bonds. The zero-order chi connectivity index (χ0) is 27.4. The lowest BCUT2D eigenvalue weighted by atomic mass is 10.1. The SMILES string of the molecule is COc1ncnc(OC)c1-n1c(CS(=O)(=O)[C@@H](C)[C@H](OC)c2ncc(Cl)cn2)nnc1[C@@H]1CC[C@@H](OC)C1. The molecule has 206 valence electrons. The van der Waals surface area contributed by atoms with Gasteiger partial charge in [-0.3, -0.25) is 4.57 Å². The van der Waals surface area contributed by atoms with Gasteiger partial charge in [0, 0.05) is 32.5 Å². The summed E-state index contributed by atoms with van der Waals surface area (Å²) in [6.45, 7) is 1.54. The Bertz CT molecular complexity index is 1330. The number of hydrogen-bond acceptors (Lipinski definition) is 12. The molecular weight excluding hydrogens is 538 g/mol. The summed E-state index contributed by atoms with van der Waals surface area (Å²) in [6, 6.07) is 0. The fraction of sp³-hybridized carbons (Fsp3) is 0.565. The quantitative estimate of drug-likeness (QED) is 0.334. The first-order chi connectivity index (χ1) is 18.2. The van der Waals surface area contributed by atoms with E-state index in [0.717, 1.165) is 12.8 Å². The van der Waals surface area contributed by atoms with Crippen molar-refractivity contribution in [2.24, 2.45) is 0 Å². The molecule has 3 aromatic heterocycles. The number of halogens is 1. The van der Waals surface area contributed by atoms with Crippen molar-refractivity contribution in [3.63, 3.8) is 0 Å². The molecule has 1 fully saturated rings. The Balaban J connectivity index is 1.78. The van der Waals surface area contributed by atoms with Gasteiger partial charge < -0.3 is 18.9 Å². The summed E-state index contributed by atoms with van der Waals surface area (Å²) in [5, 5.41) is 8.04. The number of hydrogen-bond donors (Lipinski definition) is 0. The largest absolute Gasteiger partial charge is 0.479 e. The van der Waals surface area contributed by atoms with Crippen LogP contribution in [0.15, 0.2) is 18.7 Å². The Labute approximate surface area is 225 Å². The minimum absolute atomic E-state index is 0.0369. The van der Waals surface area contributed by atoms with Crippen molar-refractivity contribution in [2.45, 2.75) is 55.3 Å². The normalized spacial score (nSPS) is 19.3. The molecule has 0 aliphatic heterocycles. The fourth-order valence-electron chi connectivity index (χ4n) is 4.63. The van der Waals surface area contributed by atoms with Crippen LogP contribution in [0.5, 0.6) is 11.8 Å². The van der Waals surface area contributed by atoms with E-state index in [2.05, 4.69) is 30.1 Å². The van der Waals surface area contributed by atoms with Crippen LogP contribution in [0.3, 0.4) is 0 Å². The third-order valence-electron chi connectivity index (χ3n) is 6.68. The lowest BCUT2D eigenvalue weighted by molar-refractivity contribution is 0.0948. The van der Waals surface area contributed by atoms with Gasteiger partial charge in [0.15, 0.2) is 27.2 Å². The molecule has 38 heavy (non-hydrogen) atoms. The molecule has 4 rings (SSSR count). The van der Waals surface area contributed by atoms with Crippen LogP contribution in [0.25, 0.3) is 5.69 Å². The average Bonchev–Trinajstić information content (AvgIpc) is 3.56. The first-order valence-electron chi connectivity index (χ1n) is 11.9. The number of sulfone groups is 1. The van der Waals surface area contributed by atoms with Crippen LogP contribution in [-0.4, -0.2) is 82.9 Å². The fourth-order valence-corrected chi connectivity index (χ4v) is 6.15. The molecule has 0 aromatic carbocycles. The van der Waals surface area contributed by atoms with Crippen LogP contribution in [0.1, 0.15) is 55.7 Å². The van der Waals surface area contributed by atoms with Crippen molar-refractivity contribution < 1.29 is 27.4 Å². The van der Waals surface area contributed by atoms with Gasteiger partial charge in [-0.25, -0.2) is 18.4 Å². The molecule has 13 nitrogen and oxygen atoms in total. The smallest absolute Gasteiger partial charge is 0.245 e. The Kier molecular flexibility index (Phi) is 8.75. The van der Waals surface area contributed by atoms with E-state index < -0.39 is 26.9 Å². The van der Waals surface area contributed by atoms with Crippen LogP contribution in [0.2, 0.25) is 5.02 Å². The summed E-state index contributed by atoms with van der Waals surface area (Å²) < 4.78 is 51.1. The van der Waals surface area contributed by atoms with Crippen LogP contribution in [-0.2, 0) is 25.1 Å².